The fraction of sp³-hybridized carbons (Fsp3) is 0.867. The van der Waals surface area contributed by atoms with E-state index in [4.69, 9.17) is 4.74 Å². The Labute approximate surface area is 130 Å². The summed E-state index contributed by atoms with van der Waals surface area (Å²) in [5.41, 5.74) is -0.884. The number of fused-ring (bicyclic) bond motifs is 1. The minimum absolute atomic E-state index is 0.296. The molecule has 21 heavy (non-hydrogen) atoms. The Morgan fingerprint density at radius 3 is 2.38 bits per heavy atom. The number of rotatable bonds is 2. The largest absolute Gasteiger partial charge is 0.591 e. The third-order valence-electron chi connectivity index (χ3n) is 3.79. The Hall–Kier alpha value is -0.750. The lowest BCUT2D eigenvalue weighted by atomic mass is 9.74. The standard InChI is InChI=1S/C15H26N2O3S/c1-13(2,3)20-12(18)17-9-11-7-15(17,8-11)10-16-21(19)14(4,5)6/h10-11H,7-9H2,1-6H3/b16-10+. The van der Waals surface area contributed by atoms with Gasteiger partial charge in [-0.1, -0.05) is 4.40 Å². The number of hydrogen-bond donors (Lipinski definition) is 0. The van der Waals surface area contributed by atoms with E-state index in [1.165, 1.54) is 0 Å². The highest BCUT2D eigenvalue weighted by molar-refractivity contribution is 7.91. The molecular formula is C15H26N2O3S. The van der Waals surface area contributed by atoms with E-state index in [1.54, 1.807) is 11.1 Å². The molecule has 0 spiro atoms. The second-order valence-electron chi connectivity index (χ2n) is 8.06. The number of carbonyl (C=O) groups is 1. The van der Waals surface area contributed by atoms with E-state index >= 15 is 0 Å². The Bertz CT molecular complexity index is 445. The van der Waals surface area contributed by atoms with Gasteiger partial charge in [-0.15, -0.1) is 0 Å². The molecule has 5 nitrogen and oxygen atoms in total. The topological polar surface area (TPSA) is 65.0 Å². The van der Waals surface area contributed by atoms with Gasteiger partial charge < -0.3 is 9.29 Å². The zero-order chi connectivity index (χ0) is 16.1. The Kier molecular flexibility index (Phi) is 4.08. The van der Waals surface area contributed by atoms with Crippen molar-refractivity contribution in [2.45, 2.75) is 70.3 Å². The molecular weight excluding hydrogens is 288 g/mol. The molecule has 2 heterocycles. The molecule has 3 aliphatic rings. The third kappa shape index (κ3) is 3.54. The van der Waals surface area contributed by atoms with E-state index < -0.39 is 17.0 Å². The molecule has 2 bridgehead atoms. The lowest BCUT2D eigenvalue weighted by Gasteiger charge is -2.38. The normalized spacial score (nSPS) is 30.4. The summed E-state index contributed by atoms with van der Waals surface area (Å²) in [6.07, 6.45) is 3.23. The Morgan fingerprint density at radius 2 is 1.90 bits per heavy atom. The van der Waals surface area contributed by atoms with Crippen molar-refractivity contribution in [3.8, 4) is 0 Å². The van der Waals surface area contributed by atoms with Gasteiger partial charge in [0, 0.05) is 6.54 Å². The monoisotopic (exact) mass is 314 g/mol. The van der Waals surface area contributed by atoms with Crippen LogP contribution in [0.2, 0.25) is 0 Å². The molecule has 6 heteroatoms. The maximum absolute atomic E-state index is 12.3. The van der Waals surface area contributed by atoms with E-state index in [2.05, 4.69) is 4.40 Å². The first-order valence-electron chi connectivity index (χ1n) is 7.41. The minimum atomic E-state index is -1.29. The molecule has 1 saturated carbocycles. The number of amides is 1. The van der Waals surface area contributed by atoms with E-state index in [0.29, 0.717) is 12.5 Å². The van der Waals surface area contributed by atoms with Gasteiger partial charge in [-0.2, -0.15) is 0 Å². The molecule has 0 aromatic carbocycles. The zero-order valence-electron chi connectivity index (χ0n) is 13.8. The molecule has 0 N–H and O–H groups in total. The highest BCUT2D eigenvalue weighted by atomic mass is 32.2. The van der Waals surface area contributed by atoms with Crippen molar-refractivity contribution in [2.75, 3.05) is 6.54 Å². The van der Waals surface area contributed by atoms with Gasteiger partial charge in [-0.3, -0.25) is 4.90 Å². The highest BCUT2D eigenvalue weighted by Gasteiger charge is 2.58. The van der Waals surface area contributed by atoms with Crippen LogP contribution in [0, 0.1) is 5.92 Å². The fourth-order valence-corrected chi connectivity index (χ4v) is 3.39. The lowest BCUT2D eigenvalue weighted by molar-refractivity contribution is 0.0191. The van der Waals surface area contributed by atoms with Crippen molar-refractivity contribution in [1.82, 2.24) is 4.90 Å². The van der Waals surface area contributed by atoms with Gasteiger partial charge in [0.2, 0.25) is 0 Å². The summed E-state index contributed by atoms with van der Waals surface area (Å²) in [5.74, 6) is 0.520. The van der Waals surface area contributed by atoms with Gasteiger partial charge >= 0.3 is 6.09 Å². The van der Waals surface area contributed by atoms with Crippen molar-refractivity contribution in [2.24, 2.45) is 10.3 Å². The summed E-state index contributed by atoms with van der Waals surface area (Å²) in [6, 6.07) is 0. The molecule has 1 aliphatic carbocycles. The third-order valence-corrected chi connectivity index (χ3v) is 5.13. The predicted octanol–water partition coefficient (Wildman–Crippen LogP) is 2.92. The van der Waals surface area contributed by atoms with Crippen molar-refractivity contribution in [3.63, 3.8) is 0 Å². The van der Waals surface area contributed by atoms with E-state index in [1.807, 2.05) is 41.5 Å². The Morgan fingerprint density at radius 1 is 1.33 bits per heavy atom. The second kappa shape index (κ2) is 5.16. The highest BCUT2D eigenvalue weighted by Crippen LogP contribution is 2.50. The maximum Gasteiger partial charge on any atom is 0.411 e. The van der Waals surface area contributed by atoms with Gasteiger partial charge in [0.05, 0.1) is 11.8 Å². The van der Waals surface area contributed by atoms with Crippen LogP contribution in [0.1, 0.15) is 54.4 Å². The van der Waals surface area contributed by atoms with Crippen molar-refractivity contribution >= 4 is 23.7 Å². The SMILES string of the molecule is CC(C)(C)OC(=O)N1CC2CC1(/C=N/[S+]([O-])C(C)(C)C)C2. The molecule has 1 unspecified atom stereocenters. The van der Waals surface area contributed by atoms with E-state index in [9.17, 15) is 9.35 Å². The minimum Gasteiger partial charge on any atom is -0.591 e. The Balaban J connectivity index is 2.08. The van der Waals surface area contributed by atoms with E-state index in [0.717, 1.165) is 12.8 Å². The van der Waals surface area contributed by atoms with Crippen LogP contribution in [0.4, 0.5) is 4.79 Å². The van der Waals surface area contributed by atoms with Crippen LogP contribution in [0.15, 0.2) is 4.40 Å². The fourth-order valence-electron chi connectivity index (χ4n) is 2.78. The first-order valence-corrected chi connectivity index (χ1v) is 8.51. The second-order valence-corrected chi connectivity index (χ2v) is 10.00. The summed E-state index contributed by atoms with van der Waals surface area (Å²) in [5, 5.41) is 0. The summed E-state index contributed by atoms with van der Waals surface area (Å²) < 4.78 is 21.4. The molecule has 0 radical (unpaired) electrons. The summed E-state index contributed by atoms with van der Waals surface area (Å²) in [6.45, 7) is 12.0. The van der Waals surface area contributed by atoms with Gasteiger partial charge in [0.25, 0.3) is 0 Å². The molecule has 3 rings (SSSR count). The lowest BCUT2D eigenvalue weighted by Crippen LogP contribution is -2.51. The molecule has 3 fully saturated rings. The van der Waals surface area contributed by atoms with Crippen LogP contribution in [-0.4, -0.2) is 44.2 Å². The molecule has 0 aromatic rings. The number of carbonyl (C=O) groups excluding carboxylic acids is 1. The average molecular weight is 314 g/mol. The van der Waals surface area contributed by atoms with Crippen LogP contribution >= 0.6 is 0 Å². The number of ether oxygens (including phenoxy) is 1. The quantitative estimate of drug-likeness (QED) is 0.581. The number of hydrogen-bond acceptors (Lipinski definition) is 4. The molecule has 2 saturated heterocycles. The van der Waals surface area contributed by atoms with Crippen LogP contribution in [0.25, 0.3) is 0 Å². The summed E-state index contributed by atoms with van der Waals surface area (Å²) in [7, 11) is 0. The molecule has 1 amide bonds. The van der Waals surface area contributed by atoms with Crippen molar-refractivity contribution in [1.29, 1.82) is 0 Å². The van der Waals surface area contributed by atoms with Crippen LogP contribution in [-0.2, 0) is 16.1 Å². The average Bonchev–Trinajstić information content (AvgIpc) is 2.76. The first-order chi connectivity index (χ1) is 9.43. The predicted molar refractivity (Wildman–Crippen MR) is 84.8 cm³/mol. The summed E-state index contributed by atoms with van der Waals surface area (Å²) >= 11 is -1.29. The maximum atomic E-state index is 12.3. The molecule has 0 aromatic heterocycles. The molecule has 2 aliphatic heterocycles. The first kappa shape index (κ1) is 16.6. The van der Waals surface area contributed by atoms with Gasteiger partial charge in [-0.25, -0.2) is 4.79 Å². The van der Waals surface area contributed by atoms with Crippen molar-refractivity contribution in [3.05, 3.63) is 0 Å². The van der Waals surface area contributed by atoms with Crippen LogP contribution < -0.4 is 0 Å². The van der Waals surface area contributed by atoms with Gasteiger partial charge in [-0.05, 0) is 60.3 Å². The van der Waals surface area contributed by atoms with Crippen LogP contribution in [0.3, 0.4) is 0 Å². The zero-order valence-corrected chi connectivity index (χ0v) is 14.6. The van der Waals surface area contributed by atoms with Gasteiger partial charge in [0.1, 0.15) is 21.7 Å². The molecule has 120 valence electrons. The van der Waals surface area contributed by atoms with Crippen molar-refractivity contribution < 1.29 is 14.1 Å². The molecule has 1 atom stereocenters. The van der Waals surface area contributed by atoms with E-state index in [-0.39, 0.29) is 16.4 Å². The van der Waals surface area contributed by atoms with Gasteiger partial charge in [0.15, 0.2) is 0 Å². The number of nitrogens with zero attached hydrogens (tertiary/aromatic N) is 2. The summed E-state index contributed by atoms with van der Waals surface area (Å²) in [4.78, 5) is 14.1. The smallest absolute Gasteiger partial charge is 0.411 e. The van der Waals surface area contributed by atoms with Crippen LogP contribution in [0.5, 0.6) is 0 Å².